The van der Waals surface area contributed by atoms with Gasteiger partial charge in [0.2, 0.25) is 0 Å². The Morgan fingerprint density at radius 2 is 1.78 bits per heavy atom. The molecule has 6 heteroatoms. The van der Waals surface area contributed by atoms with Crippen molar-refractivity contribution in [1.82, 2.24) is 5.32 Å². The van der Waals surface area contributed by atoms with Gasteiger partial charge in [-0.2, -0.15) is 0 Å². The van der Waals surface area contributed by atoms with Crippen LogP contribution in [0.2, 0.25) is 0 Å². The average molecular weight is 369 g/mol. The van der Waals surface area contributed by atoms with E-state index in [0.29, 0.717) is 5.56 Å². The smallest absolute Gasteiger partial charge is 0.408 e. The van der Waals surface area contributed by atoms with Gasteiger partial charge in [0.25, 0.3) is 0 Å². The number of hydrogen-bond donors (Lipinski definition) is 2. The van der Waals surface area contributed by atoms with Crippen molar-refractivity contribution in [2.75, 3.05) is 0 Å². The van der Waals surface area contributed by atoms with Gasteiger partial charge in [0, 0.05) is 12.0 Å². The third-order valence-corrected chi connectivity index (χ3v) is 3.74. The molecule has 0 aliphatic heterocycles. The van der Waals surface area contributed by atoms with Gasteiger partial charge in [0.05, 0.1) is 0 Å². The number of carboxylic acids is 1. The summed E-state index contributed by atoms with van der Waals surface area (Å²) in [5.41, 5.74) is 2.45. The normalized spacial score (nSPS) is 12.1. The van der Waals surface area contributed by atoms with Crippen LogP contribution in [0, 0.1) is 0 Å². The van der Waals surface area contributed by atoms with Crippen LogP contribution in [-0.4, -0.2) is 35.1 Å². The number of amides is 1. The maximum Gasteiger partial charge on any atom is 0.408 e. The number of ether oxygens (including phenoxy) is 1. The molecule has 0 spiro atoms. The fraction of sp³-hybridized carbons (Fsp3) is 0.286. The molecule has 0 saturated carbocycles. The predicted molar refractivity (Wildman–Crippen MR) is 102 cm³/mol. The van der Waals surface area contributed by atoms with E-state index < -0.39 is 23.7 Å². The van der Waals surface area contributed by atoms with Crippen molar-refractivity contribution in [1.29, 1.82) is 0 Å². The van der Waals surface area contributed by atoms with Crippen molar-refractivity contribution in [2.45, 2.75) is 38.8 Å². The Labute approximate surface area is 158 Å². The molecule has 0 bridgehead atoms. The molecule has 1 atom stereocenters. The topological polar surface area (TPSA) is 92.7 Å². The van der Waals surface area contributed by atoms with E-state index in [1.165, 1.54) is 0 Å². The molecule has 2 aromatic carbocycles. The summed E-state index contributed by atoms with van der Waals surface area (Å²) in [7, 11) is 0. The molecular formula is C21H23NO5. The third kappa shape index (κ3) is 6.26. The monoisotopic (exact) mass is 369 g/mol. The molecule has 0 aromatic heterocycles. The molecule has 27 heavy (non-hydrogen) atoms. The first kappa shape index (κ1) is 20.2. The van der Waals surface area contributed by atoms with Gasteiger partial charge in [-0.15, -0.1) is 0 Å². The maximum atomic E-state index is 11.8. The van der Waals surface area contributed by atoms with Crippen LogP contribution in [0.5, 0.6) is 0 Å². The number of carbonyl (C=O) groups is 3. The van der Waals surface area contributed by atoms with Crippen molar-refractivity contribution in [3.8, 4) is 11.1 Å². The minimum absolute atomic E-state index is 0.128. The minimum atomic E-state index is -1.14. The number of aliphatic carboxylic acids is 1. The lowest BCUT2D eigenvalue weighted by molar-refractivity contribution is -0.139. The third-order valence-electron chi connectivity index (χ3n) is 3.74. The van der Waals surface area contributed by atoms with E-state index in [1.807, 2.05) is 18.2 Å². The van der Waals surface area contributed by atoms with Gasteiger partial charge in [-0.25, -0.2) is 9.59 Å². The van der Waals surface area contributed by atoms with E-state index in [1.54, 1.807) is 51.1 Å². The van der Waals surface area contributed by atoms with Gasteiger partial charge < -0.3 is 15.2 Å². The summed E-state index contributed by atoms with van der Waals surface area (Å²) in [4.78, 5) is 34.2. The van der Waals surface area contributed by atoms with E-state index in [2.05, 4.69) is 5.32 Å². The van der Waals surface area contributed by atoms with E-state index in [0.717, 1.165) is 23.0 Å². The van der Waals surface area contributed by atoms with Gasteiger partial charge in [-0.05, 0) is 43.5 Å². The maximum absolute atomic E-state index is 11.8. The number of nitrogens with one attached hydrogen (secondary N) is 1. The zero-order chi connectivity index (χ0) is 20.0. The molecule has 0 heterocycles. The first-order chi connectivity index (χ1) is 12.7. The molecule has 0 unspecified atom stereocenters. The second-order valence-corrected chi connectivity index (χ2v) is 7.18. The zero-order valence-corrected chi connectivity index (χ0v) is 15.6. The second-order valence-electron chi connectivity index (χ2n) is 7.18. The van der Waals surface area contributed by atoms with E-state index in [9.17, 15) is 19.5 Å². The summed E-state index contributed by atoms with van der Waals surface area (Å²) in [6, 6.07) is 13.4. The van der Waals surface area contributed by atoms with Crippen LogP contribution in [0.15, 0.2) is 48.5 Å². The number of benzene rings is 2. The summed E-state index contributed by atoms with van der Waals surface area (Å²) in [5.74, 6) is -1.14. The van der Waals surface area contributed by atoms with Crippen LogP contribution in [0.3, 0.4) is 0 Å². The number of aldehydes is 1. The molecule has 0 saturated heterocycles. The standard InChI is InChI=1S/C21H23NO5/c1-21(2,3)27-20(26)22-18(19(24)25)12-14-7-9-16(10-8-14)17-6-4-5-15(11-17)13-23/h4-11,13,18H,12H2,1-3H3,(H,22,26)(H,24,25)/t18-/m0/s1. The van der Waals surface area contributed by atoms with Crippen molar-refractivity contribution in [3.63, 3.8) is 0 Å². The highest BCUT2D eigenvalue weighted by atomic mass is 16.6. The van der Waals surface area contributed by atoms with Crippen LogP contribution < -0.4 is 5.32 Å². The summed E-state index contributed by atoms with van der Waals surface area (Å²) in [6.45, 7) is 5.13. The molecule has 0 fully saturated rings. The Bertz CT molecular complexity index is 821. The molecule has 0 radical (unpaired) electrons. The van der Waals surface area contributed by atoms with E-state index in [-0.39, 0.29) is 6.42 Å². The average Bonchev–Trinajstić information content (AvgIpc) is 2.60. The molecule has 2 rings (SSSR count). The summed E-state index contributed by atoms with van der Waals surface area (Å²) in [5, 5.41) is 11.8. The Morgan fingerprint density at radius 1 is 1.11 bits per heavy atom. The van der Waals surface area contributed by atoms with Gasteiger partial charge in [-0.1, -0.05) is 42.5 Å². The zero-order valence-electron chi connectivity index (χ0n) is 15.6. The fourth-order valence-electron chi connectivity index (χ4n) is 2.51. The second kappa shape index (κ2) is 8.49. The highest BCUT2D eigenvalue weighted by molar-refractivity contribution is 5.81. The predicted octanol–water partition coefficient (Wildman–Crippen LogP) is 3.69. The van der Waals surface area contributed by atoms with Gasteiger partial charge in [0.15, 0.2) is 0 Å². The number of alkyl carbamates (subject to hydrolysis) is 1. The van der Waals surface area contributed by atoms with E-state index in [4.69, 9.17) is 4.74 Å². The Hall–Kier alpha value is -3.15. The molecular weight excluding hydrogens is 346 g/mol. The van der Waals surface area contributed by atoms with Crippen molar-refractivity contribution >= 4 is 18.3 Å². The lowest BCUT2D eigenvalue weighted by atomic mass is 9.99. The quantitative estimate of drug-likeness (QED) is 0.758. The largest absolute Gasteiger partial charge is 0.480 e. The van der Waals surface area contributed by atoms with Crippen molar-refractivity contribution in [3.05, 3.63) is 59.7 Å². The SMILES string of the molecule is CC(C)(C)OC(=O)N[C@@H](Cc1ccc(-c2cccc(C=O)c2)cc1)C(=O)O. The summed E-state index contributed by atoms with van der Waals surface area (Å²) >= 11 is 0. The minimum Gasteiger partial charge on any atom is -0.480 e. The fourth-order valence-corrected chi connectivity index (χ4v) is 2.51. The van der Waals surface area contributed by atoms with Gasteiger partial charge in [0.1, 0.15) is 17.9 Å². The van der Waals surface area contributed by atoms with E-state index >= 15 is 0 Å². The van der Waals surface area contributed by atoms with Crippen LogP contribution in [-0.2, 0) is 16.0 Å². The first-order valence-corrected chi connectivity index (χ1v) is 8.55. The van der Waals surface area contributed by atoms with Crippen LogP contribution >= 0.6 is 0 Å². The van der Waals surface area contributed by atoms with Gasteiger partial charge in [-0.3, -0.25) is 4.79 Å². The molecule has 1 amide bonds. The number of hydrogen-bond acceptors (Lipinski definition) is 4. The van der Waals surface area contributed by atoms with Gasteiger partial charge >= 0.3 is 12.1 Å². The molecule has 142 valence electrons. The Kier molecular flexibility index (Phi) is 6.34. The number of carboxylic acid groups (broad SMARTS) is 1. The Balaban J connectivity index is 2.09. The van der Waals surface area contributed by atoms with Crippen molar-refractivity contribution < 1.29 is 24.2 Å². The molecule has 6 nitrogen and oxygen atoms in total. The molecule has 0 aliphatic carbocycles. The first-order valence-electron chi connectivity index (χ1n) is 8.55. The van der Waals surface area contributed by atoms with Crippen LogP contribution in [0.1, 0.15) is 36.7 Å². The molecule has 2 N–H and O–H groups in total. The highest BCUT2D eigenvalue weighted by Gasteiger charge is 2.24. The Morgan fingerprint density at radius 3 is 2.33 bits per heavy atom. The summed E-state index contributed by atoms with van der Waals surface area (Å²) in [6.07, 6.45) is 0.151. The molecule has 0 aliphatic rings. The lowest BCUT2D eigenvalue weighted by Gasteiger charge is -2.22. The summed E-state index contributed by atoms with van der Waals surface area (Å²) < 4.78 is 5.11. The lowest BCUT2D eigenvalue weighted by Crippen LogP contribution is -2.44. The van der Waals surface area contributed by atoms with Crippen LogP contribution in [0.4, 0.5) is 4.79 Å². The van der Waals surface area contributed by atoms with Crippen molar-refractivity contribution in [2.24, 2.45) is 0 Å². The van der Waals surface area contributed by atoms with Crippen LogP contribution in [0.25, 0.3) is 11.1 Å². The number of rotatable bonds is 6. The highest BCUT2D eigenvalue weighted by Crippen LogP contribution is 2.21. The number of carbonyl (C=O) groups excluding carboxylic acids is 2. The molecule has 2 aromatic rings.